The van der Waals surface area contributed by atoms with E-state index in [2.05, 4.69) is 6.92 Å². The van der Waals surface area contributed by atoms with E-state index in [1.54, 1.807) is 0 Å². The second-order valence-electron chi connectivity index (χ2n) is 2.56. The van der Waals surface area contributed by atoms with Crippen molar-refractivity contribution in [2.75, 3.05) is 0 Å². The first-order chi connectivity index (χ1) is 6.42. The molecule has 5 heteroatoms. The highest BCUT2D eigenvalue weighted by Gasteiger charge is 2.30. The molecule has 0 amide bonds. The zero-order valence-corrected chi connectivity index (χ0v) is 7.88. The maximum absolute atomic E-state index is 13.0. The number of alkyl halides is 3. The van der Waals surface area contributed by atoms with E-state index in [0.717, 1.165) is 12.1 Å². The van der Waals surface area contributed by atoms with E-state index in [9.17, 15) is 17.6 Å². The van der Waals surface area contributed by atoms with E-state index >= 15 is 0 Å². The van der Waals surface area contributed by atoms with Gasteiger partial charge in [-0.05, 0) is 42.8 Å². The fourth-order valence-corrected chi connectivity index (χ4v) is 1.45. The van der Waals surface area contributed by atoms with Crippen molar-refractivity contribution in [2.45, 2.75) is 16.8 Å². The molecule has 0 nitrogen and oxygen atoms in total. The van der Waals surface area contributed by atoms with Crippen LogP contribution in [0.4, 0.5) is 17.6 Å². The zero-order valence-electron chi connectivity index (χ0n) is 7.07. The lowest BCUT2D eigenvalue weighted by Gasteiger charge is -2.07. The Balaban J connectivity index is 2.89. The van der Waals surface area contributed by atoms with Gasteiger partial charge in [0.05, 0.1) is 4.90 Å². The summed E-state index contributed by atoms with van der Waals surface area (Å²) in [6.07, 6.45) is 0.355. The summed E-state index contributed by atoms with van der Waals surface area (Å²) in [4.78, 5) is -0.408. The Morgan fingerprint density at radius 3 is 2.36 bits per heavy atom. The molecule has 0 heterocycles. The molecule has 1 aromatic carbocycles. The summed E-state index contributed by atoms with van der Waals surface area (Å²) in [5.74, 6) is -0.853. The van der Waals surface area contributed by atoms with Crippen molar-refractivity contribution < 1.29 is 17.6 Å². The summed E-state index contributed by atoms with van der Waals surface area (Å²) in [6.45, 7) is 3.51. The van der Waals surface area contributed by atoms with Gasteiger partial charge in [0.15, 0.2) is 0 Å². The van der Waals surface area contributed by atoms with Gasteiger partial charge in [-0.15, -0.1) is 0 Å². The van der Waals surface area contributed by atoms with Crippen LogP contribution in [-0.4, -0.2) is 5.51 Å². The number of benzene rings is 1. The predicted molar refractivity (Wildman–Crippen MR) is 47.4 cm³/mol. The van der Waals surface area contributed by atoms with Crippen molar-refractivity contribution in [3.05, 3.63) is 36.5 Å². The minimum atomic E-state index is -4.45. The summed E-state index contributed by atoms with van der Waals surface area (Å²) < 4.78 is 48.7. The number of rotatable bonds is 2. The van der Waals surface area contributed by atoms with E-state index in [1.807, 2.05) is 0 Å². The molecule has 1 radical (unpaired) electrons. The largest absolute Gasteiger partial charge is 0.446 e. The van der Waals surface area contributed by atoms with Crippen molar-refractivity contribution in [1.29, 1.82) is 0 Å². The highest BCUT2D eigenvalue weighted by atomic mass is 32.2. The van der Waals surface area contributed by atoms with E-state index in [-0.39, 0.29) is 0 Å². The number of thioether (sulfide) groups is 1. The molecule has 14 heavy (non-hydrogen) atoms. The fraction of sp³-hybridized carbons (Fsp3) is 0.222. The molecule has 0 fully saturated rings. The lowest BCUT2D eigenvalue weighted by molar-refractivity contribution is -0.0329. The Hall–Kier alpha value is -0.710. The normalized spacial score (nSPS) is 11.8. The Kier molecular flexibility index (Phi) is 3.42. The summed E-state index contributed by atoms with van der Waals surface area (Å²) in [6, 6.07) is 3.62. The Morgan fingerprint density at radius 1 is 1.29 bits per heavy atom. The fourth-order valence-electron chi connectivity index (χ4n) is 0.907. The number of halogens is 4. The predicted octanol–water partition coefficient (Wildman–Crippen LogP) is 3.81. The van der Waals surface area contributed by atoms with E-state index < -0.39 is 28.0 Å². The molecule has 77 valence electrons. The molecule has 0 atom stereocenters. The van der Waals surface area contributed by atoms with Gasteiger partial charge in [0.2, 0.25) is 0 Å². The van der Waals surface area contributed by atoms with Crippen LogP contribution in [0.1, 0.15) is 5.56 Å². The quantitative estimate of drug-likeness (QED) is 0.542. The van der Waals surface area contributed by atoms with Crippen molar-refractivity contribution in [3.63, 3.8) is 0 Å². The van der Waals surface area contributed by atoms with Crippen LogP contribution in [0.15, 0.2) is 23.1 Å². The molecule has 0 aliphatic rings. The Bertz CT molecular complexity index is 319. The van der Waals surface area contributed by atoms with Crippen LogP contribution in [-0.2, 0) is 6.42 Å². The molecule has 0 unspecified atom stereocenters. The molecule has 0 N–H and O–H groups in total. The first kappa shape index (κ1) is 11.4. The van der Waals surface area contributed by atoms with E-state index in [0.29, 0.717) is 12.0 Å². The molecule has 0 bridgehead atoms. The molecule has 0 saturated heterocycles. The maximum atomic E-state index is 13.0. The molecular formula is C9H7F4S. The molecule has 0 spiro atoms. The summed E-state index contributed by atoms with van der Waals surface area (Å²) in [5.41, 5.74) is -3.87. The lowest BCUT2D eigenvalue weighted by atomic mass is 10.2. The van der Waals surface area contributed by atoms with E-state index in [4.69, 9.17) is 0 Å². The van der Waals surface area contributed by atoms with Gasteiger partial charge in [0.25, 0.3) is 0 Å². The molecule has 0 aromatic heterocycles. The smallest absolute Gasteiger partial charge is 0.206 e. The van der Waals surface area contributed by atoms with Gasteiger partial charge >= 0.3 is 5.51 Å². The SMILES string of the molecule is [CH2]Cc1ccc(SC(F)(F)F)c(F)c1. The number of hydrogen-bond acceptors (Lipinski definition) is 1. The second-order valence-corrected chi connectivity index (χ2v) is 3.67. The molecule has 0 aliphatic heterocycles. The monoisotopic (exact) mass is 223 g/mol. The third-order valence-corrected chi connectivity index (χ3v) is 2.29. The van der Waals surface area contributed by atoms with Crippen LogP contribution < -0.4 is 0 Å². The average Bonchev–Trinajstić information content (AvgIpc) is 2.06. The summed E-state index contributed by atoms with van der Waals surface area (Å²) in [5, 5.41) is 0. The molecular weight excluding hydrogens is 216 g/mol. The van der Waals surface area contributed by atoms with Gasteiger partial charge in [0, 0.05) is 0 Å². The highest BCUT2D eigenvalue weighted by molar-refractivity contribution is 8.00. The Labute approximate surface area is 83.3 Å². The van der Waals surface area contributed by atoms with Gasteiger partial charge in [-0.1, -0.05) is 6.07 Å². The lowest BCUT2D eigenvalue weighted by Crippen LogP contribution is -2.00. The van der Waals surface area contributed by atoms with Gasteiger partial charge in [-0.2, -0.15) is 13.2 Å². The van der Waals surface area contributed by atoms with Crippen LogP contribution in [0, 0.1) is 12.7 Å². The van der Waals surface area contributed by atoms with Crippen molar-refractivity contribution >= 4 is 11.8 Å². The van der Waals surface area contributed by atoms with Gasteiger partial charge in [0.1, 0.15) is 5.82 Å². The standard InChI is InChI=1S/C9H7F4S/c1-2-6-3-4-8(7(10)5-6)14-9(11,12)13/h3-5H,1-2H2. The summed E-state index contributed by atoms with van der Waals surface area (Å²) in [7, 11) is 0. The van der Waals surface area contributed by atoms with Crippen molar-refractivity contribution in [2.24, 2.45) is 0 Å². The third kappa shape index (κ3) is 3.21. The van der Waals surface area contributed by atoms with Crippen LogP contribution in [0.25, 0.3) is 0 Å². The van der Waals surface area contributed by atoms with Crippen LogP contribution in [0.3, 0.4) is 0 Å². The van der Waals surface area contributed by atoms with Gasteiger partial charge in [-0.3, -0.25) is 0 Å². The van der Waals surface area contributed by atoms with Crippen LogP contribution in [0.2, 0.25) is 0 Å². The summed E-state index contributed by atoms with van der Waals surface area (Å²) >= 11 is -0.449. The third-order valence-electron chi connectivity index (χ3n) is 1.51. The minimum Gasteiger partial charge on any atom is -0.206 e. The second kappa shape index (κ2) is 4.21. The first-order valence-corrected chi connectivity index (χ1v) is 4.57. The minimum absolute atomic E-state index is 0.355. The molecule has 1 rings (SSSR count). The number of hydrogen-bond donors (Lipinski definition) is 0. The first-order valence-electron chi connectivity index (χ1n) is 3.76. The van der Waals surface area contributed by atoms with E-state index in [1.165, 1.54) is 6.07 Å². The van der Waals surface area contributed by atoms with Crippen molar-refractivity contribution in [1.82, 2.24) is 0 Å². The van der Waals surface area contributed by atoms with Gasteiger partial charge < -0.3 is 0 Å². The maximum Gasteiger partial charge on any atom is 0.446 e. The molecule has 1 aromatic rings. The van der Waals surface area contributed by atoms with Crippen LogP contribution >= 0.6 is 11.8 Å². The van der Waals surface area contributed by atoms with Crippen LogP contribution in [0.5, 0.6) is 0 Å². The highest BCUT2D eigenvalue weighted by Crippen LogP contribution is 2.38. The van der Waals surface area contributed by atoms with Crippen molar-refractivity contribution in [3.8, 4) is 0 Å². The van der Waals surface area contributed by atoms with Gasteiger partial charge in [-0.25, -0.2) is 4.39 Å². The molecule has 0 saturated carbocycles. The topological polar surface area (TPSA) is 0 Å². The average molecular weight is 223 g/mol. The zero-order chi connectivity index (χ0) is 10.8. The molecule has 0 aliphatic carbocycles. The Morgan fingerprint density at radius 2 is 1.93 bits per heavy atom.